The van der Waals surface area contributed by atoms with Crippen LogP contribution in [0.5, 0.6) is 0 Å². The minimum atomic E-state index is -3.69. The Morgan fingerprint density at radius 3 is 2.52 bits per heavy atom. The summed E-state index contributed by atoms with van der Waals surface area (Å²) in [7, 11) is -3.69. The maximum absolute atomic E-state index is 12.4. The first-order valence-electron chi connectivity index (χ1n) is 9.40. The summed E-state index contributed by atoms with van der Waals surface area (Å²) < 4.78 is 29.3. The Bertz CT molecular complexity index is 1220. The molecular formula is C20H20ClN5O2S. The van der Waals surface area contributed by atoms with Crippen LogP contribution in [0.15, 0.2) is 35.5 Å². The van der Waals surface area contributed by atoms with E-state index in [-0.39, 0.29) is 17.0 Å². The highest BCUT2D eigenvalue weighted by atomic mass is 35.5. The Morgan fingerprint density at radius 2 is 1.97 bits per heavy atom. The van der Waals surface area contributed by atoms with Crippen molar-refractivity contribution in [1.29, 1.82) is 5.26 Å². The lowest BCUT2D eigenvalue weighted by molar-refractivity contribution is 0.323. The van der Waals surface area contributed by atoms with E-state index in [2.05, 4.69) is 25.3 Å². The molecule has 1 saturated carbocycles. The van der Waals surface area contributed by atoms with Crippen molar-refractivity contribution in [2.45, 2.75) is 50.1 Å². The quantitative estimate of drug-likeness (QED) is 0.659. The third-order valence-electron chi connectivity index (χ3n) is 5.06. The maximum atomic E-state index is 12.4. The smallest absolute Gasteiger partial charge is 0.243 e. The minimum Gasteiger partial charge on any atom is -0.334 e. The van der Waals surface area contributed by atoms with Crippen LogP contribution in [0.3, 0.4) is 0 Å². The first kappa shape index (κ1) is 19.8. The fraction of sp³-hybridized carbons (Fsp3) is 0.350. The van der Waals surface area contributed by atoms with Gasteiger partial charge in [0.05, 0.1) is 23.5 Å². The van der Waals surface area contributed by atoms with Crippen LogP contribution in [0.25, 0.3) is 22.4 Å². The number of rotatable bonds is 5. The van der Waals surface area contributed by atoms with Gasteiger partial charge in [0.2, 0.25) is 10.0 Å². The first-order valence-corrected chi connectivity index (χ1v) is 11.3. The Balaban J connectivity index is 1.89. The number of hydrogen-bond donors (Lipinski definition) is 1. The molecule has 150 valence electrons. The molecule has 1 aromatic carbocycles. The maximum Gasteiger partial charge on any atom is 0.243 e. The van der Waals surface area contributed by atoms with Gasteiger partial charge in [0.1, 0.15) is 16.7 Å². The number of aromatic nitrogens is 3. The van der Waals surface area contributed by atoms with Gasteiger partial charge in [-0.2, -0.15) is 5.26 Å². The van der Waals surface area contributed by atoms with E-state index in [0.29, 0.717) is 22.1 Å². The largest absolute Gasteiger partial charge is 0.334 e. The average molecular weight is 430 g/mol. The van der Waals surface area contributed by atoms with E-state index in [1.54, 1.807) is 26.0 Å². The van der Waals surface area contributed by atoms with Crippen molar-refractivity contribution < 1.29 is 8.42 Å². The third-order valence-corrected chi connectivity index (χ3v) is 6.91. The van der Waals surface area contributed by atoms with Crippen molar-refractivity contribution in [2.24, 2.45) is 0 Å². The molecule has 0 radical (unpaired) electrons. The van der Waals surface area contributed by atoms with Gasteiger partial charge in [-0.1, -0.05) is 11.6 Å². The SMILES string of the molecule is CC(C)NS(=O)(=O)c1cnc(-c2c(C#N)c3cc(Cl)ccc3n2C2CCC2)nc1. The van der Waals surface area contributed by atoms with Gasteiger partial charge in [-0.05, 0) is 51.3 Å². The number of hydrogen-bond acceptors (Lipinski definition) is 5. The van der Waals surface area contributed by atoms with Gasteiger partial charge in [0, 0.05) is 22.5 Å². The van der Waals surface area contributed by atoms with Crippen LogP contribution in [0.1, 0.15) is 44.7 Å². The van der Waals surface area contributed by atoms with E-state index in [4.69, 9.17) is 11.6 Å². The molecular weight excluding hydrogens is 410 g/mol. The van der Waals surface area contributed by atoms with Gasteiger partial charge in [0.15, 0.2) is 5.82 Å². The fourth-order valence-electron chi connectivity index (χ4n) is 3.60. The number of nitriles is 1. The Kier molecular flexibility index (Phi) is 5.07. The lowest BCUT2D eigenvalue weighted by Crippen LogP contribution is -2.30. The second kappa shape index (κ2) is 7.41. The normalized spacial score (nSPS) is 14.9. The molecule has 0 unspecified atom stereocenters. The number of sulfonamides is 1. The highest BCUT2D eigenvalue weighted by Gasteiger charge is 2.29. The molecule has 0 bridgehead atoms. The standard InChI is InChI=1S/C20H20ClN5O2S/c1-12(2)25-29(27,28)15-10-23-20(24-11-15)19-17(9-22)16-8-13(21)6-7-18(16)26(19)14-4-3-5-14/h6-8,10-12,14,25H,3-5H2,1-2H3. The lowest BCUT2D eigenvalue weighted by atomic mass is 9.92. The summed E-state index contributed by atoms with van der Waals surface area (Å²) in [5.74, 6) is 0.323. The summed E-state index contributed by atoms with van der Waals surface area (Å²) in [6.07, 6.45) is 5.70. The molecule has 0 amide bonds. The third kappa shape index (κ3) is 3.50. The topological polar surface area (TPSA) is 101 Å². The molecule has 4 rings (SSSR count). The molecule has 1 aliphatic rings. The molecule has 9 heteroatoms. The Labute approximate surface area is 174 Å². The molecule has 1 fully saturated rings. The monoisotopic (exact) mass is 429 g/mol. The molecule has 1 N–H and O–H groups in total. The van der Waals surface area contributed by atoms with Crippen molar-refractivity contribution in [1.82, 2.24) is 19.3 Å². The Hall–Kier alpha value is -2.47. The fourth-order valence-corrected chi connectivity index (χ4v) is 4.91. The highest BCUT2D eigenvalue weighted by molar-refractivity contribution is 7.89. The van der Waals surface area contributed by atoms with E-state index >= 15 is 0 Å². The lowest BCUT2D eigenvalue weighted by Gasteiger charge is -2.29. The molecule has 3 aromatic rings. The summed E-state index contributed by atoms with van der Waals surface area (Å²) >= 11 is 6.17. The number of halogens is 1. The van der Waals surface area contributed by atoms with E-state index in [9.17, 15) is 13.7 Å². The molecule has 0 spiro atoms. The molecule has 7 nitrogen and oxygen atoms in total. The van der Waals surface area contributed by atoms with Crippen LogP contribution < -0.4 is 4.72 Å². The number of benzene rings is 1. The summed E-state index contributed by atoms with van der Waals surface area (Å²) in [5, 5.41) is 11.2. The van der Waals surface area contributed by atoms with E-state index in [1.807, 2.05) is 6.07 Å². The summed E-state index contributed by atoms with van der Waals surface area (Å²) in [6.45, 7) is 3.49. The van der Waals surface area contributed by atoms with Gasteiger partial charge >= 0.3 is 0 Å². The van der Waals surface area contributed by atoms with Crippen LogP contribution >= 0.6 is 11.6 Å². The highest BCUT2D eigenvalue weighted by Crippen LogP contribution is 2.42. The average Bonchev–Trinajstić information content (AvgIpc) is 2.92. The number of nitrogens with zero attached hydrogens (tertiary/aromatic N) is 4. The van der Waals surface area contributed by atoms with Crippen molar-refractivity contribution in [3.8, 4) is 17.6 Å². The minimum absolute atomic E-state index is 0.0113. The van der Waals surface area contributed by atoms with Crippen molar-refractivity contribution in [3.05, 3.63) is 41.2 Å². The molecule has 2 aromatic heterocycles. The van der Waals surface area contributed by atoms with Crippen molar-refractivity contribution in [2.75, 3.05) is 0 Å². The van der Waals surface area contributed by atoms with E-state index in [0.717, 1.165) is 30.2 Å². The second-order valence-electron chi connectivity index (χ2n) is 7.47. The number of fused-ring (bicyclic) bond motifs is 1. The molecule has 0 aliphatic heterocycles. The van der Waals surface area contributed by atoms with Gasteiger partial charge in [-0.15, -0.1) is 0 Å². The summed E-state index contributed by atoms with van der Waals surface area (Å²) in [6, 6.07) is 7.77. The molecule has 29 heavy (non-hydrogen) atoms. The summed E-state index contributed by atoms with van der Waals surface area (Å²) in [4.78, 5) is 8.62. The van der Waals surface area contributed by atoms with E-state index < -0.39 is 10.0 Å². The Morgan fingerprint density at radius 1 is 1.28 bits per heavy atom. The van der Waals surface area contributed by atoms with Gasteiger partial charge < -0.3 is 4.57 Å². The molecule has 2 heterocycles. The predicted molar refractivity (Wildman–Crippen MR) is 111 cm³/mol. The van der Waals surface area contributed by atoms with Gasteiger partial charge in [-0.25, -0.2) is 23.1 Å². The van der Waals surface area contributed by atoms with Crippen LogP contribution in [-0.2, 0) is 10.0 Å². The predicted octanol–water partition coefficient (Wildman–Crippen LogP) is 4.04. The van der Waals surface area contributed by atoms with Crippen molar-refractivity contribution >= 4 is 32.5 Å². The zero-order chi connectivity index (χ0) is 20.8. The van der Waals surface area contributed by atoms with Gasteiger partial charge in [-0.3, -0.25) is 0 Å². The molecule has 1 aliphatic carbocycles. The van der Waals surface area contributed by atoms with Crippen LogP contribution in [0, 0.1) is 11.3 Å². The molecule has 0 saturated heterocycles. The zero-order valence-corrected chi connectivity index (χ0v) is 17.6. The van der Waals surface area contributed by atoms with Crippen molar-refractivity contribution in [3.63, 3.8) is 0 Å². The second-order valence-corrected chi connectivity index (χ2v) is 9.62. The van der Waals surface area contributed by atoms with Crippen LogP contribution in [0.4, 0.5) is 0 Å². The van der Waals surface area contributed by atoms with Gasteiger partial charge in [0.25, 0.3) is 0 Å². The van der Waals surface area contributed by atoms with E-state index in [1.165, 1.54) is 12.4 Å². The first-order chi connectivity index (χ1) is 13.8. The molecule has 0 atom stereocenters. The summed E-state index contributed by atoms with van der Waals surface area (Å²) in [5.41, 5.74) is 1.97. The number of nitrogens with one attached hydrogen (secondary N) is 1. The van der Waals surface area contributed by atoms with Crippen LogP contribution in [-0.4, -0.2) is 29.0 Å². The van der Waals surface area contributed by atoms with Crippen LogP contribution in [0.2, 0.25) is 5.02 Å². The zero-order valence-electron chi connectivity index (χ0n) is 16.1.